The number of alkyl halides is 2. The quantitative estimate of drug-likeness (QED) is 0.602. The number of esters is 1. The number of rotatable bonds is 2. The third kappa shape index (κ3) is 2.54. The summed E-state index contributed by atoms with van der Waals surface area (Å²) in [5.41, 5.74) is -1.05. The van der Waals surface area contributed by atoms with Crippen LogP contribution in [0, 0.1) is 0 Å². The number of hydrogen-bond donors (Lipinski definition) is 0. The van der Waals surface area contributed by atoms with Crippen LogP contribution in [-0.4, -0.2) is 18.1 Å². The van der Waals surface area contributed by atoms with E-state index in [1.807, 2.05) is 0 Å². The number of halogens is 4. The monoisotopic (exact) mass is 255 g/mol. The summed E-state index contributed by atoms with van der Waals surface area (Å²) in [5, 5.41) is -0.650. The van der Waals surface area contributed by atoms with Gasteiger partial charge in [-0.1, -0.05) is 23.2 Å². The minimum Gasteiger partial charge on any atom is -0.465 e. The van der Waals surface area contributed by atoms with Crippen molar-refractivity contribution in [2.75, 3.05) is 7.11 Å². The van der Waals surface area contributed by atoms with Gasteiger partial charge in [-0.05, 0) is 6.07 Å². The Bertz CT molecular complexity index is 398. The summed E-state index contributed by atoms with van der Waals surface area (Å²) >= 11 is 10.9. The molecule has 0 aromatic carbocycles. The lowest BCUT2D eigenvalue weighted by atomic mass is 10.1. The fraction of sp³-hybridized carbons (Fsp3) is 0.250. The van der Waals surface area contributed by atoms with Gasteiger partial charge in [0.1, 0.15) is 10.3 Å². The molecule has 0 bridgehead atoms. The molecule has 1 rings (SSSR count). The molecular formula is C8H5Cl2F2NO2. The smallest absolute Gasteiger partial charge is 0.338 e. The first-order chi connectivity index (χ1) is 6.97. The van der Waals surface area contributed by atoms with Crippen molar-refractivity contribution < 1.29 is 18.3 Å². The molecule has 1 aromatic heterocycles. The molecule has 1 heterocycles. The first-order valence-electron chi connectivity index (χ1n) is 3.69. The van der Waals surface area contributed by atoms with Gasteiger partial charge in [-0.3, -0.25) is 0 Å². The normalized spacial score (nSPS) is 10.5. The van der Waals surface area contributed by atoms with Gasteiger partial charge in [0.25, 0.3) is 6.43 Å². The molecule has 0 aliphatic rings. The molecule has 0 saturated carbocycles. The Balaban J connectivity index is 3.40. The summed E-state index contributed by atoms with van der Waals surface area (Å²) < 4.78 is 29.4. The molecule has 0 atom stereocenters. The third-order valence-corrected chi connectivity index (χ3v) is 2.09. The fourth-order valence-corrected chi connectivity index (χ4v) is 1.49. The zero-order chi connectivity index (χ0) is 11.6. The van der Waals surface area contributed by atoms with Crippen molar-refractivity contribution in [2.24, 2.45) is 0 Å². The van der Waals surface area contributed by atoms with Crippen LogP contribution in [0.25, 0.3) is 0 Å². The van der Waals surface area contributed by atoms with Gasteiger partial charge in [0.15, 0.2) is 0 Å². The Hall–Kier alpha value is -0.940. The van der Waals surface area contributed by atoms with Gasteiger partial charge in [-0.25, -0.2) is 18.6 Å². The molecule has 0 amide bonds. The number of methoxy groups -OCH3 is 1. The summed E-state index contributed by atoms with van der Waals surface area (Å²) in [5.74, 6) is -0.934. The molecule has 0 saturated heterocycles. The summed E-state index contributed by atoms with van der Waals surface area (Å²) in [6, 6.07) is 0.987. The van der Waals surface area contributed by atoms with Crippen molar-refractivity contribution in [3.63, 3.8) is 0 Å². The molecule has 0 aliphatic carbocycles. The van der Waals surface area contributed by atoms with Crippen molar-refractivity contribution in [1.29, 1.82) is 0 Å². The Morgan fingerprint density at radius 1 is 1.53 bits per heavy atom. The van der Waals surface area contributed by atoms with Crippen LogP contribution in [0.15, 0.2) is 6.07 Å². The third-order valence-electron chi connectivity index (χ3n) is 1.60. The summed E-state index contributed by atoms with van der Waals surface area (Å²) in [6.45, 7) is 0. The van der Waals surface area contributed by atoms with Crippen LogP contribution in [0.2, 0.25) is 10.3 Å². The lowest BCUT2D eigenvalue weighted by Crippen LogP contribution is -2.08. The number of nitrogens with zero attached hydrogens (tertiary/aromatic N) is 1. The summed E-state index contributed by atoms with van der Waals surface area (Å²) in [7, 11) is 1.07. The van der Waals surface area contributed by atoms with Crippen LogP contribution in [0.4, 0.5) is 8.78 Å². The average Bonchev–Trinajstić information content (AvgIpc) is 2.14. The maximum atomic E-state index is 12.5. The van der Waals surface area contributed by atoms with Crippen molar-refractivity contribution in [3.05, 3.63) is 27.5 Å². The highest BCUT2D eigenvalue weighted by Crippen LogP contribution is 2.31. The summed E-state index contributed by atoms with van der Waals surface area (Å²) in [6.07, 6.45) is -2.92. The van der Waals surface area contributed by atoms with E-state index in [2.05, 4.69) is 9.72 Å². The van der Waals surface area contributed by atoms with E-state index < -0.39 is 23.1 Å². The molecule has 0 spiro atoms. The van der Waals surface area contributed by atoms with Crippen molar-refractivity contribution in [1.82, 2.24) is 4.98 Å². The second-order valence-electron chi connectivity index (χ2n) is 2.49. The van der Waals surface area contributed by atoms with Crippen molar-refractivity contribution in [3.8, 4) is 0 Å². The fourth-order valence-electron chi connectivity index (χ4n) is 0.981. The number of carbonyl (C=O) groups excluding carboxylic acids is 1. The van der Waals surface area contributed by atoms with E-state index in [1.54, 1.807) is 0 Å². The van der Waals surface area contributed by atoms with Gasteiger partial charge in [0.2, 0.25) is 0 Å². The summed E-state index contributed by atoms with van der Waals surface area (Å²) in [4.78, 5) is 14.6. The molecule has 0 N–H and O–H groups in total. The standard InChI is InChI=1S/C8H5Cl2F2NO2/c1-15-8(14)3-2-4(9)13-6(10)5(3)7(11)12/h2,7H,1H3. The van der Waals surface area contributed by atoms with E-state index in [4.69, 9.17) is 23.2 Å². The molecule has 0 aliphatic heterocycles. The van der Waals surface area contributed by atoms with Crippen LogP contribution in [0.5, 0.6) is 0 Å². The van der Waals surface area contributed by atoms with Gasteiger partial charge >= 0.3 is 5.97 Å². The number of pyridine rings is 1. The minimum atomic E-state index is -2.92. The highest BCUT2D eigenvalue weighted by Gasteiger charge is 2.24. The van der Waals surface area contributed by atoms with Gasteiger partial charge in [0.05, 0.1) is 18.2 Å². The average molecular weight is 256 g/mol. The SMILES string of the molecule is COC(=O)c1cc(Cl)nc(Cl)c1C(F)F. The van der Waals surface area contributed by atoms with Gasteiger partial charge in [-0.15, -0.1) is 0 Å². The number of hydrogen-bond acceptors (Lipinski definition) is 3. The highest BCUT2D eigenvalue weighted by atomic mass is 35.5. The number of carbonyl (C=O) groups is 1. The second kappa shape index (κ2) is 4.72. The van der Waals surface area contributed by atoms with E-state index >= 15 is 0 Å². The molecule has 82 valence electrons. The molecule has 0 fully saturated rings. The van der Waals surface area contributed by atoms with Crippen LogP contribution in [-0.2, 0) is 4.74 Å². The van der Waals surface area contributed by atoms with E-state index in [9.17, 15) is 13.6 Å². The number of aromatic nitrogens is 1. The predicted octanol–water partition coefficient (Wildman–Crippen LogP) is 3.11. The Labute approximate surface area is 94.0 Å². The zero-order valence-corrected chi connectivity index (χ0v) is 8.94. The number of ether oxygens (including phenoxy) is 1. The van der Waals surface area contributed by atoms with Crippen molar-refractivity contribution in [2.45, 2.75) is 6.43 Å². The van der Waals surface area contributed by atoms with Crippen LogP contribution in [0.1, 0.15) is 22.3 Å². The van der Waals surface area contributed by atoms with Gasteiger partial charge < -0.3 is 4.74 Å². The molecule has 0 radical (unpaired) electrons. The molecule has 0 unspecified atom stereocenters. The Kier molecular flexibility index (Phi) is 3.82. The van der Waals surface area contributed by atoms with Crippen LogP contribution < -0.4 is 0 Å². The second-order valence-corrected chi connectivity index (χ2v) is 3.23. The minimum absolute atomic E-state index is 0.148. The first-order valence-corrected chi connectivity index (χ1v) is 4.45. The Morgan fingerprint density at radius 3 is 2.60 bits per heavy atom. The van der Waals surface area contributed by atoms with Crippen LogP contribution >= 0.6 is 23.2 Å². The maximum absolute atomic E-state index is 12.5. The zero-order valence-electron chi connectivity index (χ0n) is 7.43. The highest BCUT2D eigenvalue weighted by molar-refractivity contribution is 6.33. The molecule has 1 aromatic rings. The maximum Gasteiger partial charge on any atom is 0.338 e. The van der Waals surface area contributed by atoms with Crippen LogP contribution in [0.3, 0.4) is 0 Å². The molecular weight excluding hydrogens is 251 g/mol. The van der Waals surface area contributed by atoms with E-state index in [1.165, 1.54) is 0 Å². The lowest BCUT2D eigenvalue weighted by molar-refractivity contribution is 0.0589. The lowest BCUT2D eigenvalue weighted by Gasteiger charge is -2.08. The van der Waals surface area contributed by atoms with Gasteiger partial charge in [0, 0.05) is 0 Å². The van der Waals surface area contributed by atoms with E-state index in [-0.39, 0.29) is 10.7 Å². The first kappa shape index (κ1) is 12.1. The molecule has 15 heavy (non-hydrogen) atoms. The van der Waals surface area contributed by atoms with E-state index in [0.717, 1.165) is 13.2 Å². The molecule has 3 nitrogen and oxygen atoms in total. The predicted molar refractivity (Wildman–Crippen MR) is 50.6 cm³/mol. The molecule has 7 heteroatoms. The van der Waals surface area contributed by atoms with Crippen molar-refractivity contribution >= 4 is 29.2 Å². The topological polar surface area (TPSA) is 39.2 Å². The van der Waals surface area contributed by atoms with E-state index in [0.29, 0.717) is 0 Å². The Morgan fingerprint density at radius 2 is 2.13 bits per heavy atom. The van der Waals surface area contributed by atoms with Gasteiger partial charge in [-0.2, -0.15) is 0 Å². The largest absolute Gasteiger partial charge is 0.465 e.